The van der Waals surface area contributed by atoms with Crippen LogP contribution in [0.2, 0.25) is 0 Å². The third-order valence-electron chi connectivity index (χ3n) is 5.15. The Labute approximate surface area is 188 Å². The normalized spacial score (nSPS) is 11.4. The van der Waals surface area contributed by atoms with Gasteiger partial charge in [0, 0.05) is 41.4 Å². The van der Waals surface area contributed by atoms with Crippen molar-refractivity contribution in [2.24, 2.45) is 0 Å². The number of benzene rings is 2. The van der Waals surface area contributed by atoms with Crippen LogP contribution in [0.25, 0.3) is 11.0 Å². The van der Waals surface area contributed by atoms with Crippen LogP contribution in [-0.4, -0.2) is 22.4 Å². The number of aromatic nitrogens is 2. The van der Waals surface area contributed by atoms with Crippen molar-refractivity contribution in [1.29, 1.82) is 0 Å². The van der Waals surface area contributed by atoms with Crippen LogP contribution in [0.15, 0.2) is 60.9 Å². The molecule has 1 amide bonds. The molecular weight excluding hydrogens is 431 g/mol. The minimum atomic E-state index is -4.43. The summed E-state index contributed by atoms with van der Waals surface area (Å²) < 4.78 is 39.0. The van der Waals surface area contributed by atoms with Gasteiger partial charge in [0.2, 0.25) is 0 Å². The van der Waals surface area contributed by atoms with Gasteiger partial charge in [-0.2, -0.15) is 13.2 Å². The summed E-state index contributed by atoms with van der Waals surface area (Å²) in [5, 5.41) is 9.89. The summed E-state index contributed by atoms with van der Waals surface area (Å²) in [6.45, 7) is 4.40. The lowest BCUT2D eigenvalue weighted by Crippen LogP contribution is -2.16. The molecule has 0 bridgehead atoms. The Morgan fingerprint density at radius 3 is 2.64 bits per heavy atom. The van der Waals surface area contributed by atoms with Crippen molar-refractivity contribution in [2.75, 3.05) is 22.5 Å². The predicted molar refractivity (Wildman–Crippen MR) is 124 cm³/mol. The first kappa shape index (κ1) is 22.2. The number of aromatic amines is 1. The summed E-state index contributed by atoms with van der Waals surface area (Å²) >= 11 is 0. The molecule has 0 fully saturated rings. The van der Waals surface area contributed by atoms with Crippen LogP contribution in [0.3, 0.4) is 0 Å². The number of amides is 1. The Morgan fingerprint density at radius 1 is 1.09 bits per heavy atom. The van der Waals surface area contributed by atoms with E-state index >= 15 is 0 Å². The fraction of sp³-hybridized carbons (Fsp3) is 0.167. The van der Waals surface area contributed by atoms with E-state index in [0.717, 1.165) is 23.1 Å². The van der Waals surface area contributed by atoms with Gasteiger partial charge in [-0.25, -0.2) is 4.98 Å². The molecule has 2 aromatic carbocycles. The molecule has 0 aliphatic rings. The van der Waals surface area contributed by atoms with Gasteiger partial charge in [0.05, 0.1) is 16.8 Å². The molecule has 0 saturated carbocycles. The molecule has 0 atom stereocenters. The number of nitrogens with zero attached hydrogens (tertiary/aromatic N) is 1. The average Bonchev–Trinajstić information content (AvgIpc) is 3.25. The number of fused-ring (bicyclic) bond motifs is 1. The largest absolute Gasteiger partial charge is 0.416 e. The molecule has 4 N–H and O–H groups in total. The highest BCUT2D eigenvalue weighted by Gasteiger charge is 2.30. The van der Waals surface area contributed by atoms with Crippen LogP contribution in [0.5, 0.6) is 0 Å². The maximum atomic E-state index is 13.1. The highest BCUT2D eigenvalue weighted by atomic mass is 19.4. The van der Waals surface area contributed by atoms with Crippen molar-refractivity contribution in [3.63, 3.8) is 0 Å². The van der Waals surface area contributed by atoms with E-state index in [2.05, 4.69) is 25.9 Å². The first-order valence-corrected chi connectivity index (χ1v) is 10.3. The van der Waals surface area contributed by atoms with Crippen molar-refractivity contribution in [3.05, 3.63) is 77.6 Å². The number of hydrogen-bond acceptors (Lipinski definition) is 4. The number of carbonyl (C=O) groups is 1. The van der Waals surface area contributed by atoms with Crippen molar-refractivity contribution < 1.29 is 18.0 Å². The number of carbonyl (C=O) groups excluding carboxylic acids is 1. The highest BCUT2D eigenvalue weighted by molar-refractivity contribution is 6.12. The number of nitrogens with one attached hydrogen (secondary N) is 4. The molecule has 9 heteroatoms. The van der Waals surface area contributed by atoms with Crippen LogP contribution in [0.4, 0.5) is 35.9 Å². The second-order valence-corrected chi connectivity index (χ2v) is 7.50. The Bertz CT molecular complexity index is 1310. The SMILES string of the molecule is CCNc1c(C(=O)Nc2cc(Nc3cccc(C(F)(F)F)c3)ccc2C)cnc2[nH]ccc12. The fourth-order valence-corrected chi connectivity index (χ4v) is 3.51. The monoisotopic (exact) mass is 453 g/mol. The first-order chi connectivity index (χ1) is 15.8. The lowest BCUT2D eigenvalue weighted by molar-refractivity contribution is -0.137. The van der Waals surface area contributed by atoms with E-state index in [-0.39, 0.29) is 5.91 Å². The number of H-pyrrole nitrogens is 1. The Balaban J connectivity index is 1.60. The summed E-state index contributed by atoms with van der Waals surface area (Å²) in [5.74, 6) is -0.346. The van der Waals surface area contributed by atoms with Crippen molar-refractivity contribution in [2.45, 2.75) is 20.0 Å². The maximum absolute atomic E-state index is 13.1. The molecule has 0 radical (unpaired) electrons. The Kier molecular flexibility index (Phi) is 5.95. The van der Waals surface area contributed by atoms with Crippen molar-refractivity contribution in [1.82, 2.24) is 9.97 Å². The topological polar surface area (TPSA) is 81.8 Å². The zero-order valence-corrected chi connectivity index (χ0v) is 18.0. The van der Waals surface area contributed by atoms with Crippen LogP contribution in [0.1, 0.15) is 28.4 Å². The lowest BCUT2D eigenvalue weighted by Gasteiger charge is -2.15. The Morgan fingerprint density at radius 2 is 1.88 bits per heavy atom. The summed E-state index contributed by atoms with van der Waals surface area (Å²) in [4.78, 5) is 20.4. The van der Waals surface area contributed by atoms with E-state index in [9.17, 15) is 18.0 Å². The van der Waals surface area contributed by atoms with Crippen molar-refractivity contribution >= 4 is 39.7 Å². The minimum Gasteiger partial charge on any atom is -0.384 e. The molecule has 0 spiro atoms. The van der Waals surface area contributed by atoms with E-state index in [0.29, 0.717) is 40.5 Å². The van der Waals surface area contributed by atoms with Crippen LogP contribution >= 0.6 is 0 Å². The second kappa shape index (κ2) is 8.85. The number of alkyl halides is 3. The van der Waals surface area contributed by atoms with E-state index < -0.39 is 11.7 Å². The predicted octanol–water partition coefficient (Wildman–Crippen LogP) is 6.32. The first-order valence-electron chi connectivity index (χ1n) is 10.3. The van der Waals surface area contributed by atoms with E-state index in [1.165, 1.54) is 12.3 Å². The summed E-state index contributed by atoms with van der Waals surface area (Å²) in [5.41, 5.74) is 3.18. The number of hydrogen-bond donors (Lipinski definition) is 4. The fourth-order valence-electron chi connectivity index (χ4n) is 3.51. The van der Waals surface area contributed by atoms with Gasteiger partial charge in [0.1, 0.15) is 5.65 Å². The lowest BCUT2D eigenvalue weighted by atomic mass is 10.1. The molecule has 2 aromatic heterocycles. The molecule has 6 nitrogen and oxygen atoms in total. The Hall–Kier alpha value is -4.01. The molecule has 0 unspecified atom stereocenters. The molecule has 33 heavy (non-hydrogen) atoms. The van der Waals surface area contributed by atoms with Gasteiger partial charge in [-0.1, -0.05) is 12.1 Å². The highest BCUT2D eigenvalue weighted by Crippen LogP contribution is 2.32. The number of rotatable bonds is 6. The molecule has 4 aromatic rings. The van der Waals surface area contributed by atoms with E-state index in [1.807, 2.05) is 19.9 Å². The van der Waals surface area contributed by atoms with Gasteiger partial charge >= 0.3 is 6.18 Å². The summed E-state index contributed by atoms with van der Waals surface area (Å²) in [6, 6.07) is 12.0. The van der Waals surface area contributed by atoms with Gasteiger partial charge in [-0.05, 0) is 55.8 Å². The quantitative estimate of drug-likeness (QED) is 0.275. The minimum absolute atomic E-state index is 0.294. The van der Waals surface area contributed by atoms with Gasteiger partial charge < -0.3 is 20.9 Å². The van der Waals surface area contributed by atoms with Crippen LogP contribution < -0.4 is 16.0 Å². The zero-order valence-electron chi connectivity index (χ0n) is 18.0. The zero-order chi connectivity index (χ0) is 23.6. The van der Waals surface area contributed by atoms with Crippen LogP contribution in [-0.2, 0) is 6.18 Å². The molecule has 170 valence electrons. The maximum Gasteiger partial charge on any atom is 0.416 e. The van der Waals surface area contributed by atoms with Gasteiger partial charge in [-0.3, -0.25) is 4.79 Å². The van der Waals surface area contributed by atoms with Gasteiger partial charge in [0.25, 0.3) is 5.91 Å². The molecule has 2 heterocycles. The van der Waals surface area contributed by atoms with Gasteiger partial charge in [0.15, 0.2) is 0 Å². The third-order valence-corrected chi connectivity index (χ3v) is 5.15. The van der Waals surface area contributed by atoms with E-state index in [1.54, 1.807) is 30.5 Å². The molecule has 0 aliphatic heterocycles. The van der Waals surface area contributed by atoms with Crippen molar-refractivity contribution in [3.8, 4) is 0 Å². The average molecular weight is 453 g/mol. The second-order valence-electron chi connectivity index (χ2n) is 7.50. The standard InChI is InChI=1S/C24H22F3N5O/c1-3-28-21-18-9-10-29-22(18)30-13-19(21)23(33)32-20-12-17(8-7-14(20)2)31-16-6-4-5-15(11-16)24(25,26)27/h4-13,31H,3H2,1-2H3,(H,32,33)(H2,28,29,30). The molecule has 0 saturated heterocycles. The third kappa shape index (κ3) is 4.77. The molecule has 4 rings (SSSR count). The summed E-state index contributed by atoms with van der Waals surface area (Å²) in [7, 11) is 0. The summed E-state index contributed by atoms with van der Waals surface area (Å²) in [6.07, 6.45) is -1.16. The molecular formula is C24H22F3N5O. The van der Waals surface area contributed by atoms with Gasteiger partial charge in [-0.15, -0.1) is 0 Å². The van der Waals surface area contributed by atoms with E-state index in [4.69, 9.17) is 0 Å². The number of anilines is 4. The molecule has 0 aliphatic carbocycles. The smallest absolute Gasteiger partial charge is 0.384 e. The van der Waals surface area contributed by atoms with Crippen LogP contribution in [0, 0.1) is 6.92 Å². The number of halogens is 3. The number of pyridine rings is 1. The number of aryl methyl sites for hydroxylation is 1.